The molecule has 1 aliphatic heterocycles. The summed E-state index contributed by atoms with van der Waals surface area (Å²) in [6.07, 6.45) is 5.28. The van der Waals surface area contributed by atoms with Gasteiger partial charge in [0.05, 0.1) is 13.7 Å². The Kier molecular flexibility index (Phi) is 5.43. The van der Waals surface area contributed by atoms with E-state index in [4.69, 9.17) is 9.47 Å². The highest BCUT2D eigenvalue weighted by Crippen LogP contribution is 2.34. The van der Waals surface area contributed by atoms with Gasteiger partial charge in [-0.1, -0.05) is 6.08 Å². The zero-order valence-corrected chi connectivity index (χ0v) is 15.0. The van der Waals surface area contributed by atoms with Crippen LogP contribution in [0.5, 0.6) is 5.75 Å². The van der Waals surface area contributed by atoms with Gasteiger partial charge >= 0.3 is 0 Å². The maximum Gasteiger partial charge on any atom is 0.251 e. The Labute approximate surface area is 148 Å². The Morgan fingerprint density at radius 1 is 1.44 bits per heavy atom. The number of piperidine rings is 1. The van der Waals surface area contributed by atoms with E-state index in [9.17, 15) is 4.79 Å². The highest BCUT2D eigenvalue weighted by molar-refractivity contribution is 5.85. The van der Waals surface area contributed by atoms with E-state index in [1.54, 1.807) is 13.2 Å². The number of aromatic amines is 1. The fraction of sp³-hybridized carbons (Fsp3) is 0.450. The smallest absolute Gasteiger partial charge is 0.251 e. The third kappa shape index (κ3) is 3.71. The normalized spacial score (nSPS) is 16.8. The first-order chi connectivity index (χ1) is 12.1. The topological polar surface area (TPSA) is 54.6 Å². The van der Waals surface area contributed by atoms with Gasteiger partial charge in [0.25, 0.3) is 5.91 Å². The number of methoxy groups -OCH3 is 1. The number of carbonyl (C=O) groups is 1. The van der Waals surface area contributed by atoms with Crippen molar-refractivity contribution in [1.82, 2.24) is 9.88 Å². The lowest BCUT2D eigenvalue weighted by Gasteiger charge is -2.33. The van der Waals surface area contributed by atoms with Crippen molar-refractivity contribution in [2.24, 2.45) is 0 Å². The van der Waals surface area contributed by atoms with Crippen LogP contribution in [0.25, 0.3) is 10.9 Å². The molecule has 0 spiro atoms. The number of hydrogen-bond donors (Lipinski definition) is 1. The van der Waals surface area contributed by atoms with Crippen molar-refractivity contribution in [3.8, 4) is 5.75 Å². The number of benzene rings is 1. The quantitative estimate of drug-likeness (QED) is 0.818. The van der Waals surface area contributed by atoms with Gasteiger partial charge < -0.3 is 19.4 Å². The first kappa shape index (κ1) is 17.5. The zero-order chi connectivity index (χ0) is 17.8. The second-order valence-electron chi connectivity index (χ2n) is 6.52. The summed E-state index contributed by atoms with van der Waals surface area (Å²) in [4.78, 5) is 17.7. The number of rotatable bonds is 6. The number of hydrogen-bond acceptors (Lipinski definition) is 3. The molecule has 3 rings (SSSR count). The molecule has 2 aromatic rings. The van der Waals surface area contributed by atoms with E-state index >= 15 is 0 Å². The number of H-pyrrole nitrogens is 1. The number of fused-ring (bicyclic) bond motifs is 1. The van der Waals surface area contributed by atoms with Crippen LogP contribution in [0.4, 0.5) is 0 Å². The monoisotopic (exact) mass is 342 g/mol. The first-order valence-corrected chi connectivity index (χ1v) is 8.80. The Hall–Kier alpha value is -2.27. The lowest BCUT2D eigenvalue weighted by atomic mass is 9.89. The Morgan fingerprint density at radius 3 is 2.88 bits per heavy atom. The van der Waals surface area contributed by atoms with Gasteiger partial charge in [0.1, 0.15) is 11.9 Å². The molecule has 1 fully saturated rings. The van der Waals surface area contributed by atoms with E-state index in [-0.39, 0.29) is 5.91 Å². The van der Waals surface area contributed by atoms with Crippen LogP contribution in [-0.2, 0) is 9.53 Å². The number of carbonyl (C=O) groups excluding carboxylic acids is 1. The molecule has 5 nitrogen and oxygen atoms in total. The lowest BCUT2D eigenvalue weighted by Crippen LogP contribution is -2.43. The minimum atomic E-state index is -0.410. The molecule has 1 aliphatic rings. The van der Waals surface area contributed by atoms with Crippen molar-refractivity contribution >= 4 is 16.8 Å². The maximum absolute atomic E-state index is 12.4. The summed E-state index contributed by atoms with van der Waals surface area (Å²) in [5.74, 6) is 1.39. The maximum atomic E-state index is 12.4. The summed E-state index contributed by atoms with van der Waals surface area (Å²) < 4.78 is 10.8. The van der Waals surface area contributed by atoms with Crippen LogP contribution >= 0.6 is 0 Å². The summed E-state index contributed by atoms with van der Waals surface area (Å²) in [7, 11) is 1.69. The SMILES string of the molecule is C=CCOC(C)C(=O)N1CCC(c2c[nH]c3ccc(OC)cc23)CC1. The van der Waals surface area contributed by atoms with Crippen LogP contribution in [0.1, 0.15) is 31.2 Å². The summed E-state index contributed by atoms with van der Waals surface area (Å²) in [5, 5.41) is 1.21. The third-order valence-corrected chi connectivity index (χ3v) is 4.98. The van der Waals surface area contributed by atoms with Crippen LogP contribution in [0, 0.1) is 0 Å². The van der Waals surface area contributed by atoms with Gasteiger partial charge in [-0.3, -0.25) is 4.79 Å². The van der Waals surface area contributed by atoms with Crippen LogP contribution < -0.4 is 4.74 Å². The Morgan fingerprint density at radius 2 is 2.20 bits per heavy atom. The van der Waals surface area contributed by atoms with Gasteiger partial charge in [0, 0.05) is 30.2 Å². The van der Waals surface area contributed by atoms with Crippen LogP contribution in [0.3, 0.4) is 0 Å². The molecule has 1 N–H and O–H groups in total. The molecule has 5 heteroatoms. The number of nitrogens with one attached hydrogen (secondary N) is 1. The van der Waals surface area contributed by atoms with Gasteiger partial charge in [0.2, 0.25) is 0 Å². The number of likely N-dealkylation sites (tertiary alicyclic amines) is 1. The first-order valence-electron chi connectivity index (χ1n) is 8.80. The molecule has 1 unspecified atom stereocenters. The molecule has 1 aromatic heterocycles. The van der Waals surface area contributed by atoms with Crippen molar-refractivity contribution in [3.05, 3.63) is 42.6 Å². The molecule has 2 heterocycles. The Balaban J connectivity index is 1.66. The number of ether oxygens (including phenoxy) is 2. The van der Waals surface area contributed by atoms with Gasteiger partial charge in [-0.2, -0.15) is 0 Å². The fourth-order valence-electron chi connectivity index (χ4n) is 3.54. The molecule has 0 saturated carbocycles. The predicted molar refractivity (Wildman–Crippen MR) is 99.0 cm³/mol. The summed E-state index contributed by atoms with van der Waals surface area (Å²) >= 11 is 0. The Bertz CT molecular complexity index is 744. The highest BCUT2D eigenvalue weighted by Gasteiger charge is 2.28. The second kappa shape index (κ2) is 7.74. The summed E-state index contributed by atoms with van der Waals surface area (Å²) in [6, 6.07) is 6.10. The number of amides is 1. The number of nitrogens with zero attached hydrogens (tertiary/aromatic N) is 1. The van der Waals surface area contributed by atoms with Crippen molar-refractivity contribution in [3.63, 3.8) is 0 Å². The van der Waals surface area contributed by atoms with Crippen molar-refractivity contribution in [2.45, 2.75) is 31.8 Å². The van der Waals surface area contributed by atoms with E-state index in [1.807, 2.05) is 17.9 Å². The molecule has 134 valence electrons. The van der Waals surface area contributed by atoms with E-state index in [2.05, 4.69) is 29.9 Å². The standard InChI is InChI=1S/C20H26N2O3/c1-4-11-25-14(2)20(23)22-9-7-15(8-10-22)18-13-21-19-6-5-16(24-3)12-17(18)19/h4-6,12-15,21H,1,7-11H2,2-3H3. The summed E-state index contributed by atoms with van der Waals surface area (Å²) in [5.41, 5.74) is 2.44. The molecular formula is C20H26N2O3. The zero-order valence-electron chi connectivity index (χ0n) is 15.0. The second-order valence-corrected chi connectivity index (χ2v) is 6.52. The molecule has 25 heavy (non-hydrogen) atoms. The number of aromatic nitrogens is 1. The largest absolute Gasteiger partial charge is 0.497 e. The van der Waals surface area contributed by atoms with Crippen molar-refractivity contribution < 1.29 is 14.3 Å². The molecule has 1 atom stereocenters. The molecule has 1 amide bonds. The average Bonchev–Trinajstić information content (AvgIpc) is 3.08. The molecular weight excluding hydrogens is 316 g/mol. The van der Waals surface area contributed by atoms with Crippen molar-refractivity contribution in [1.29, 1.82) is 0 Å². The summed E-state index contributed by atoms with van der Waals surface area (Å²) in [6.45, 7) is 7.36. The van der Waals surface area contributed by atoms with E-state index in [0.29, 0.717) is 12.5 Å². The van der Waals surface area contributed by atoms with Gasteiger partial charge in [-0.05, 0) is 49.4 Å². The van der Waals surface area contributed by atoms with Crippen LogP contribution in [0.15, 0.2) is 37.1 Å². The fourth-order valence-corrected chi connectivity index (χ4v) is 3.54. The van der Waals surface area contributed by atoms with Crippen molar-refractivity contribution in [2.75, 3.05) is 26.8 Å². The van der Waals surface area contributed by atoms with E-state index in [0.717, 1.165) is 37.2 Å². The van der Waals surface area contributed by atoms with E-state index in [1.165, 1.54) is 10.9 Å². The van der Waals surface area contributed by atoms with Gasteiger partial charge in [0.15, 0.2) is 0 Å². The van der Waals surface area contributed by atoms with Crippen LogP contribution in [0.2, 0.25) is 0 Å². The highest BCUT2D eigenvalue weighted by atomic mass is 16.5. The van der Waals surface area contributed by atoms with Gasteiger partial charge in [-0.15, -0.1) is 6.58 Å². The molecule has 1 saturated heterocycles. The lowest BCUT2D eigenvalue weighted by molar-refractivity contribution is -0.143. The predicted octanol–water partition coefficient (Wildman–Crippen LogP) is 3.47. The third-order valence-electron chi connectivity index (χ3n) is 4.98. The van der Waals surface area contributed by atoms with E-state index < -0.39 is 6.10 Å². The minimum Gasteiger partial charge on any atom is -0.497 e. The average molecular weight is 342 g/mol. The molecule has 0 bridgehead atoms. The van der Waals surface area contributed by atoms with Crippen LogP contribution in [-0.4, -0.2) is 48.7 Å². The van der Waals surface area contributed by atoms with Gasteiger partial charge in [-0.25, -0.2) is 0 Å². The molecule has 1 aromatic carbocycles. The molecule has 0 radical (unpaired) electrons. The minimum absolute atomic E-state index is 0.0703. The molecule has 0 aliphatic carbocycles.